The average molecular weight is 478 g/mol. The van der Waals surface area contributed by atoms with Gasteiger partial charge in [-0.2, -0.15) is 0 Å². The summed E-state index contributed by atoms with van der Waals surface area (Å²) in [6.45, 7) is 10.4. The second-order valence-corrected chi connectivity index (χ2v) is 9.51. The van der Waals surface area contributed by atoms with Crippen LogP contribution in [0.2, 0.25) is 0 Å². The van der Waals surface area contributed by atoms with Gasteiger partial charge in [-0.25, -0.2) is 15.0 Å². The number of piperidine rings is 1. The van der Waals surface area contributed by atoms with Gasteiger partial charge in [-0.15, -0.1) is 0 Å². The number of ether oxygens (including phenoxy) is 2. The predicted octanol–water partition coefficient (Wildman–Crippen LogP) is 3.85. The third-order valence-electron chi connectivity index (χ3n) is 7.21. The van der Waals surface area contributed by atoms with Crippen LogP contribution in [0.1, 0.15) is 62.9 Å². The number of morpholine rings is 1. The molecule has 2 aliphatic heterocycles. The van der Waals surface area contributed by atoms with Gasteiger partial charge in [0.15, 0.2) is 5.82 Å². The quantitative estimate of drug-likeness (QED) is 0.625. The Kier molecular flexibility index (Phi) is 7.00. The molecule has 0 spiro atoms. The van der Waals surface area contributed by atoms with Crippen molar-refractivity contribution in [2.45, 2.75) is 58.4 Å². The van der Waals surface area contributed by atoms with Gasteiger partial charge < -0.3 is 19.3 Å². The molecular weight excluding hydrogens is 442 g/mol. The maximum atomic E-state index is 12.2. The molecule has 1 amide bonds. The molecule has 0 unspecified atom stereocenters. The van der Waals surface area contributed by atoms with Crippen LogP contribution in [0, 0.1) is 0 Å². The number of carbonyl (C=O) groups is 1. The summed E-state index contributed by atoms with van der Waals surface area (Å²) >= 11 is 0. The first-order valence-electron chi connectivity index (χ1n) is 12.9. The van der Waals surface area contributed by atoms with E-state index < -0.39 is 0 Å². The Morgan fingerprint density at radius 3 is 2.71 bits per heavy atom. The molecule has 0 bridgehead atoms. The van der Waals surface area contributed by atoms with Crippen LogP contribution >= 0.6 is 0 Å². The topological polar surface area (TPSA) is 80.7 Å². The number of carbonyl (C=O) groups excluding carboxylic acids is 1. The number of allylic oxidation sites excluding steroid dienone is 1. The van der Waals surface area contributed by atoms with Gasteiger partial charge in [-0.1, -0.05) is 19.1 Å². The molecule has 2 saturated heterocycles. The van der Waals surface area contributed by atoms with Crippen LogP contribution in [0.5, 0.6) is 5.88 Å². The lowest BCUT2D eigenvalue weighted by Gasteiger charge is -2.35. The molecule has 2 aromatic rings. The molecule has 35 heavy (non-hydrogen) atoms. The summed E-state index contributed by atoms with van der Waals surface area (Å²) in [7, 11) is 0. The molecule has 186 valence electrons. The zero-order valence-electron chi connectivity index (χ0n) is 21.0. The molecule has 8 heteroatoms. The number of hydrogen-bond acceptors (Lipinski definition) is 7. The predicted molar refractivity (Wildman–Crippen MR) is 136 cm³/mol. The first-order chi connectivity index (χ1) is 17.1. The second-order valence-electron chi connectivity index (χ2n) is 9.51. The number of rotatable bonds is 6. The van der Waals surface area contributed by atoms with E-state index in [4.69, 9.17) is 24.4 Å². The van der Waals surface area contributed by atoms with Crippen LogP contribution in [0.4, 0.5) is 5.82 Å². The molecule has 5 rings (SSSR count). The molecule has 2 aromatic heterocycles. The minimum absolute atomic E-state index is 0.234. The number of nitrogens with zero attached hydrogens (tertiary/aromatic N) is 5. The van der Waals surface area contributed by atoms with E-state index in [1.165, 1.54) is 0 Å². The lowest BCUT2D eigenvalue weighted by Crippen LogP contribution is -2.44. The zero-order chi connectivity index (χ0) is 24.4. The Labute approximate surface area is 207 Å². The van der Waals surface area contributed by atoms with Crippen LogP contribution in [0.25, 0.3) is 17.5 Å². The largest absolute Gasteiger partial charge is 0.478 e. The van der Waals surface area contributed by atoms with Crippen LogP contribution in [-0.2, 0) is 16.0 Å². The highest BCUT2D eigenvalue weighted by molar-refractivity contribution is 5.77. The SMILES string of the molecule is CCOc1cc(-c2nc(C3CCN(C(=O)CC)CC3)cc(N3CCOC[C@H]3C)n2)c2c(n1)CC=C2. The van der Waals surface area contributed by atoms with Crippen molar-refractivity contribution in [3.8, 4) is 17.3 Å². The summed E-state index contributed by atoms with van der Waals surface area (Å²) in [4.78, 5) is 31.4. The van der Waals surface area contributed by atoms with Crippen molar-refractivity contribution in [3.63, 3.8) is 0 Å². The van der Waals surface area contributed by atoms with E-state index in [0.29, 0.717) is 38.0 Å². The van der Waals surface area contributed by atoms with Gasteiger partial charge in [0.25, 0.3) is 0 Å². The monoisotopic (exact) mass is 477 g/mol. The van der Waals surface area contributed by atoms with Gasteiger partial charge in [0.2, 0.25) is 11.8 Å². The van der Waals surface area contributed by atoms with Gasteiger partial charge in [0.1, 0.15) is 5.82 Å². The maximum Gasteiger partial charge on any atom is 0.222 e. The first kappa shape index (κ1) is 23.7. The Bertz CT molecular complexity index is 1110. The first-order valence-corrected chi connectivity index (χ1v) is 12.9. The molecule has 1 aliphatic carbocycles. The van der Waals surface area contributed by atoms with Crippen molar-refractivity contribution in [1.82, 2.24) is 19.9 Å². The molecule has 4 heterocycles. The molecule has 2 fully saturated rings. The molecule has 3 aliphatic rings. The highest BCUT2D eigenvalue weighted by Crippen LogP contribution is 2.36. The van der Waals surface area contributed by atoms with Crippen molar-refractivity contribution in [1.29, 1.82) is 0 Å². The zero-order valence-corrected chi connectivity index (χ0v) is 21.0. The van der Waals surface area contributed by atoms with Gasteiger partial charge >= 0.3 is 0 Å². The number of anilines is 1. The number of aromatic nitrogens is 3. The van der Waals surface area contributed by atoms with Crippen molar-refractivity contribution in [2.75, 3.05) is 44.4 Å². The summed E-state index contributed by atoms with van der Waals surface area (Å²) in [5.74, 6) is 2.81. The van der Waals surface area contributed by atoms with Crippen LogP contribution in [-0.4, -0.2) is 71.3 Å². The molecule has 1 atom stereocenters. The number of likely N-dealkylation sites (tertiary alicyclic amines) is 1. The standard InChI is InChI=1S/C27H35N5O3/c1-4-26(33)31-11-9-19(10-12-31)23-16-24(32-13-14-34-17-18(32)3)30-27(29-23)21-15-25(35-5-2)28-22-8-6-7-20(21)22/h6-7,15-16,18-19H,4-5,8-14,17H2,1-3H3/t18-/m1/s1. The highest BCUT2D eigenvalue weighted by atomic mass is 16.5. The fraction of sp³-hybridized carbons (Fsp3) is 0.556. The average Bonchev–Trinajstić information content (AvgIpc) is 3.37. The third kappa shape index (κ3) is 4.89. The van der Waals surface area contributed by atoms with Crippen molar-refractivity contribution in [3.05, 3.63) is 35.2 Å². The molecular formula is C27H35N5O3. The Balaban J connectivity index is 1.55. The Hall–Kier alpha value is -3.00. The molecule has 0 aromatic carbocycles. The molecule has 0 saturated carbocycles. The number of fused-ring (bicyclic) bond motifs is 1. The summed E-state index contributed by atoms with van der Waals surface area (Å²) in [6.07, 6.45) is 7.43. The summed E-state index contributed by atoms with van der Waals surface area (Å²) < 4.78 is 11.5. The van der Waals surface area contributed by atoms with E-state index in [1.807, 2.05) is 24.8 Å². The smallest absolute Gasteiger partial charge is 0.222 e. The van der Waals surface area contributed by atoms with Gasteiger partial charge in [0, 0.05) is 67.3 Å². The van der Waals surface area contributed by atoms with Gasteiger partial charge in [-0.3, -0.25) is 4.79 Å². The molecule has 0 radical (unpaired) electrons. The van der Waals surface area contributed by atoms with Crippen molar-refractivity contribution < 1.29 is 14.3 Å². The molecule has 8 nitrogen and oxygen atoms in total. The lowest BCUT2D eigenvalue weighted by molar-refractivity contribution is -0.131. The van der Waals surface area contributed by atoms with Gasteiger partial charge in [-0.05, 0) is 26.7 Å². The summed E-state index contributed by atoms with van der Waals surface area (Å²) in [6, 6.07) is 4.38. The van der Waals surface area contributed by atoms with Crippen molar-refractivity contribution >= 4 is 17.8 Å². The highest BCUT2D eigenvalue weighted by Gasteiger charge is 2.28. The van der Waals surface area contributed by atoms with Crippen LogP contribution in [0.3, 0.4) is 0 Å². The van der Waals surface area contributed by atoms with Gasteiger partial charge in [0.05, 0.1) is 31.6 Å². The summed E-state index contributed by atoms with van der Waals surface area (Å²) in [5, 5.41) is 0. The number of hydrogen-bond donors (Lipinski definition) is 0. The Morgan fingerprint density at radius 1 is 1.14 bits per heavy atom. The van der Waals surface area contributed by atoms with Crippen LogP contribution in [0.15, 0.2) is 18.2 Å². The minimum Gasteiger partial charge on any atom is -0.478 e. The normalized spacial score (nSPS) is 20.3. The fourth-order valence-electron chi connectivity index (χ4n) is 5.26. The number of pyridine rings is 1. The second kappa shape index (κ2) is 10.3. The van der Waals surface area contributed by atoms with E-state index >= 15 is 0 Å². The van der Waals surface area contributed by atoms with Crippen molar-refractivity contribution in [2.24, 2.45) is 0 Å². The third-order valence-corrected chi connectivity index (χ3v) is 7.21. The Morgan fingerprint density at radius 2 is 1.97 bits per heavy atom. The fourth-order valence-corrected chi connectivity index (χ4v) is 5.26. The van der Waals surface area contributed by atoms with E-state index in [1.54, 1.807) is 0 Å². The van der Waals surface area contributed by atoms with Crippen LogP contribution < -0.4 is 9.64 Å². The van der Waals surface area contributed by atoms with E-state index in [0.717, 1.165) is 73.1 Å². The summed E-state index contributed by atoms with van der Waals surface area (Å²) in [5.41, 5.74) is 4.11. The minimum atomic E-state index is 0.234. The lowest BCUT2D eigenvalue weighted by atomic mass is 9.92. The van der Waals surface area contributed by atoms with E-state index in [9.17, 15) is 4.79 Å². The molecule has 0 N–H and O–H groups in total. The maximum absolute atomic E-state index is 12.2. The van der Waals surface area contributed by atoms with E-state index in [2.05, 4.69) is 30.0 Å². The number of amides is 1. The van der Waals surface area contributed by atoms with E-state index in [-0.39, 0.29) is 11.9 Å².